The van der Waals surface area contributed by atoms with Crippen molar-refractivity contribution in [2.45, 2.75) is 89.9 Å². The van der Waals surface area contributed by atoms with Crippen molar-refractivity contribution in [3.63, 3.8) is 0 Å². The zero-order chi connectivity index (χ0) is 20.9. The minimum absolute atomic E-state index is 0.155. The zero-order valence-electron chi connectivity index (χ0n) is 18.3. The van der Waals surface area contributed by atoms with Gasteiger partial charge in [0.15, 0.2) is 5.12 Å². The summed E-state index contributed by atoms with van der Waals surface area (Å²) in [7, 11) is 0. The maximum Gasteiger partial charge on any atom is 0.230 e. The zero-order valence-corrected chi connectivity index (χ0v) is 19.2. The highest BCUT2D eigenvalue weighted by Gasteiger charge is 2.41. The van der Waals surface area contributed by atoms with Crippen molar-refractivity contribution in [3.8, 4) is 0 Å². The lowest BCUT2D eigenvalue weighted by atomic mass is 9.79. The fourth-order valence-corrected chi connectivity index (χ4v) is 5.80. The van der Waals surface area contributed by atoms with Gasteiger partial charge in [0, 0.05) is 16.2 Å². The molecule has 29 heavy (non-hydrogen) atoms. The van der Waals surface area contributed by atoms with Crippen LogP contribution in [0.15, 0.2) is 29.2 Å². The Bertz CT molecular complexity index is 701. The molecule has 0 radical (unpaired) electrons. The van der Waals surface area contributed by atoms with E-state index in [1.165, 1.54) is 11.8 Å². The van der Waals surface area contributed by atoms with E-state index < -0.39 is 0 Å². The van der Waals surface area contributed by atoms with E-state index in [2.05, 4.69) is 26.1 Å². The SMILES string of the molecule is CC(C)CCC1(C(=O)Nc2ccccc2SC(=O)C2CCC(C)CC2)CCCC1. The van der Waals surface area contributed by atoms with Crippen LogP contribution < -0.4 is 5.32 Å². The first kappa shape index (κ1) is 22.4. The van der Waals surface area contributed by atoms with Gasteiger partial charge in [-0.2, -0.15) is 0 Å². The fourth-order valence-electron chi connectivity index (χ4n) is 4.81. The number of benzene rings is 1. The number of hydrogen-bond acceptors (Lipinski definition) is 3. The van der Waals surface area contributed by atoms with Crippen LogP contribution in [0.3, 0.4) is 0 Å². The van der Waals surface area contributed by atoms with Gasteiger partial charge in [-0.25, -0.2) is 0 Å². The molecule has 2 saturated carbocycles. The Morgan fingerprint density at radius 3 is 2.41 bits per heavy atom. The first-order valence-electron chi connectivity index (χ1n) is 11.5. The monoisotopic (exact) mass is 415 g/mol. The van der Waals surface area contributed by atoms with Crippen LogP contribution in [0.2, 0.25) is 0 Å². The summed E-state index contributed by atoms with van der Waals surface area (Å²) >= 11 is 1.33. The average molecular weight is 416 g/mol. The fraction of sp³-hybridized carbons (Fsp3) is 0.680. The Labute approximate surface area is 180 Å². The predicted molar refractivity (Wildman–Crippen MR) is 122 cm³/mol. The lowest BCUT2D eigenvalue weighted by Crippen LogP contribution is -2.34. The van der Waals surface area contributed by atoms with Crippen LogP contribution in [-0.2, 0) is 9.59 Å². The number of hydrogen-bond donors (Lipinski definition) is 1. The van der Waals surface area contributed by atoms with E-state index in [0.29, 0.717) is 5.92 Å². The predicted octanol–water partition coefficient (Wildman–Crippen LogP) is 7.07. The molecule has 0 bridgehead atoms. The summed E-state index contributed by atoms with van der Waals surface area (Å²) in [5.74, 6) is 1.66. The summed E-state index contributed by atoms with van der Waals surface area (Å²) < 4.78 is 0. The van der Waals surface area contributed by atoms with E-state index in [1.54, 1.807) is 0 Å². The molecule has 1 aromatic rings. The third kappa shape index (κ3) is 5.87. The van der Waals surface area contributed by atoms with Gasteiger partial charge in [0.2, 0.25) is 5.91 Å². The van der Waals surface area contributed by atoms with E-state index in [4.69, 9.17) is 0 Å². The van der Waals surface area contributed by atoms with E-state index in [9.17, 15) is 9.59 Å². The van der Waals surface area contributed by atoms with Gasteiger partial charge in [-0.3, -0.25) is 9.59 Å². The van der Waals surface area contributed by atoms with Crippen LogP contribution in [0.25, 0.3) is 0 Å². The lowest BCUT2D eigenvalue weighted by molar-refractivity contribution is -0.126. The van der Waals surface area contributed by atoms with Crippen LogP contribution in [0.1, 0.15) is 85.0 Å². The lowest BCUT2D eigenvalue weighted by Gasteiger charge is -2.29. The number of anilines is 1. The number of para-hydroxylation sites is 1. The Kier molecular flexibility index (Phi) is 7.84. The third-order valence-corrected chi connectivity index (χ3v) is 8.05. The van der Waals surface area contributed by atoms with Crippen molar-refractivity contribution in [1.82, 2.24) is 0 Å². The third-order valence-electron chi connectivity index (χ3n) is 6.94. The molecule has 1 aromatic carbocycles. The highest BCUT2D eigenvalue weighted by Crippen LogP contribution is 2.44. The second kappa shape index (κ2) is 10.1. The number of carbonyl (C=O) groups excluding carboxylic acids is 2. The normalized spacial score (nSPS) is 23.9. The topological polar surface area (TPSA) is 46.2 Å². The number of nitrogens with one attached hydrogen (secondary N) is 1. The van der Waals surface area contributed by atoms with Crippen LogP contribution in [0.4, 0.5) is 5.69 Å². The van der Waals surface area contributed by atoms with Gasteiger partial charge in [0.25, 0.3) is 0 Å². The molecule has 0 atom stereocenters. The summed E-state index contributed by atoms with van der Waals surface area (Å²) in [6, 6.07) is 7.82. The summed E-state index contributed by atoms with van der Waals surface area (Å²) in [6.07, 6.45) is 10.6. The number of amides is 1. The number of thioether (sulfide) groups is 1. The van der Waals surface area contributed by atoms with Gasteiger partial charge in [0.1, 0.15) is 0 Å². The quantitative estimate of drug-likeness (QED) is 0.485. The number of carbonyl (C=O) groups is 2. The Balaban J connectivity index is 1.68. The molecular formula is C25H37NO2S. The van der Waals surface area contributed by atoms with Crippen molar-refractivity contribution in [3.05, 3.63) is 24.3 Å². The standard InChI is InChI=1S/C25H37NO2S/c1-18(2)14-17-25(15-6-7-16-25)24(28)26-21-8-4-5-9-22(21)29-23(27)20-12-10-19(3)11-13-20/h4-5,8-9,18-20H,6-7,10-17H2,1-3H3,(H,26,28). The molecule has 0 unspecified atom stereocenters. The van der Waals surface area contributed by atoms with Crippen LogP contribution in [-0.4, -0.2) is 11.0 Å². The molecule has 3 rings (SSSR count). The Morgan fingerprint density at radius 2 is 1.76 bits per heavy atom. The van der Waals surface area contributed by atoms with E-state index in [1.807, 2.05) is 24.3 Å². The van der Waals surface area contributed by atoms with Gasteiger partial charge in [-0.1, -0.05) is 45.7 Å². The second-order valence-electron chi connectivity index (χ2n) is 9.75. The van der Waals surface area contributed by atoms with E-state index in [-0.39, 0.29) is 22.4 Å². The van der Waals surface area contributed by atoms with Crippen molar-refractivity contribution in [2.75, 3.05) is 5.32 Å². The molecule has 0 heterocycles. The summed E-state index contributed by atoms with van der Waals surface area (Å²) in [4.78, 5) is 27.1. The first-order chi connectivity index (χ1) is 13.9. The smallest absolute Gasteiger partial charge is 0.230 e. The average Bonchev–Trinajstić information content (AvgIpc) is 3.19. The van der Waals surface area contributed by atoms with Crippen molar-refractivity contribution in [1.29, 1.82) is 0 Å². The van der Waals surface area contributed by atoms with Crippen molar-refractivity contribution in [2.24, 2.45) is 23.2 Å². The highest BCUT2D eigenvalue weighted by molar-refractivity contribution is 8.13. The molecule has 1 N–H and O–H groups in total. The van der Waals surface area contributed by atoms with Gasteiger partial charge < -0.3 is 5.32 Å². The molecule has 3 nitrogen and oxygen atoms in total. The van der Waals surface area contributed by atoms with Gasteiger partial charge in [0.05, 0.1) is 5.69 Å². The van der Waals surface area contributed by atoms with Crippen LogP contribution in [0.5, 0.6) is 0 Å². The van der Waals surface area contributed by atoms with E-state index in [0.717, 1.165) is 80.7 Å². The van der Waals surface area contributed by atoms with Gasteiger partial charge >= 0.3 is 0 Å². The van der Waals surface area contributed by atoms with Crippen LogP contribution >= 0.6 is 11.8 Å². The largest absolute Gasteiger partial charge is 0.325 e. The molecule has 2 fully saturated rings. The summed E-state index contributed by atoms with van der Waals surface area (Å²) in [6.45, 7) is 6.73. The van der Waals surface area contributed by atoms with Crippen molar-refractivity contribution >= 4 is 28.5 Å². The molecule has 4 heteroatoms. The van der Waals surface area contributed by atoms with Crippen LogP contribution in [0, 0.1) is 23.2 Å². The summed E-state index contributed by atoms with van der Waals surface area (Å²) in [5, 5.41) is 3.48. The molecule has 160 valence electrons. The maximum atomic E-state index is 13.3. The summed E-state index contributed by atoms with van der Waals surface area (Å²) in [5.41, 5.74) is 0.571. The van der Waals surface area contributed by atoms with Crippen molar-refractivity contribution < 1.29 is 9.59 Å². The second-order valence-corrected chi connectivity index (χ2v) is 10.8. The molecular weight excluding hydrogens is 378 g/mol. The molecule has 1 amide bonds. The minimum Gasteiger partial charge on any atom is -0.325 e. The van der Waals surface area contributed by atoms with E-state index >= 15 is 0 Å². The Morgan fingerprint density at radius 1 is 1.10 bits per heavy atom. The Hall–Kier alpha value is -1.29. The van der Waals surface area contributed by atoms with Gasteiger partial charge in [-0.15, -0.1) is 0 Å². The number of rotatable bonds is 7. The molecule has 2 aliphatic carbocycles. The molecule has 0 aliphatic heterocycles. The highest BCUT2D eigenvalue weighted by atomic mass is 32.2. The molecule has 2 aliphatic rings. The maximum absolute atomic E-state index is 13.3. The molecule has 0 aromatic heterocycles. The molecule has 0 saturated heterocycles. The molecule has 0 spiro atoms. The van der Waals surface area contributed by atoms with Gasteiger partial charge in [-0.05, 0) is 87.1 Å². The minimum atomic E-state index is -0.231. The first-order valence-corrected chi connectivity index (χ1v) is 12.3.